The molecule has 26 heavy (non-hydrogen) atoms. The number of hydrogen-bond acceptors (Lipinski definition) is 5. The molecule has 2 aromatic rings. The summed E-state index contributed by atoms with van der Waals surface area (Å²) in [5.74, 6) is 0. The van der Waals surface area contributed by atoms with Crippen LogP contribution >= 0.6 is 22.9 Å². The minimum Gasteiger partial charge on any atom is -0.598 e. The molecule has 1 atom stereocenters. The largest absolute Gasteiger partial charge is 0.598 e. The summed E-state index contributed by atoms with van der Waals surface area (Å²) in [5, 5.41) is 0.683. The van der Waals surface area contributed by atoms with Gasteiger partial charge in [0.15, 0.2) is 6.29 Å². The van der Waals surface area contributed by atoms with Crippen LogP contribution in [0.25, 0.3) is 11.1 Å². The zero-order valence-electron chi connectivity index (χ0n) is 15.4. The lowest BCUT2D eigenvalue weighted by atomic mass is 10.00. The van der Waals surface area contributed by atoms with Gasteiger partial charge in [-0.25, -0.2) is 0 Å². The second-order valence-electron chi connectivity index (χ2n) is 7.16. The third kappa shape index (κ3) is 4.44. The lowest BCUT2D eigenvalue weighted by Gasteiger charge is -2.24. The van der Waals surface area contributed by atoms with Crippen LogP contribution in [0.4, 0.5) is 0 Å². The van der Waals surface area contributed by atoms with E-state index < -0.39 is 11.4 Å². The molecule has 1 aliphatic rings. The van der Waals surface area contributed by atoms with E-state index >= 15 is 0 Å². The van der Waals surface area contributed by atoms with Crippen molar-refractivity contribution in [3.05, 3.63) is 44.6 Å². The van der Waals surface area contributed by atoms with Crippen molar-refractivity contribution in [3.63, 3.8) is 0 Å². The van der Waals surface area contributed by atoms with Gasteiger partial charge in [-0.1, -0.05) is 23.7 Å². The van der Waals surface area contributed by atoms with Crippen molar-refractivity contribution < 1.29 is 14.0 Å². The van der Waals surface area contributed by atoms with Gasteiger partial charge in [-0.2, -0.15) is 0 Å². The summed E-state index contributed by atoms with van der Waals surface area (Å²) in [4.78, 5) is 2.20. The van der Waals surface area contributed by atoms with Crippen molar-refractivity contribution in [2.75, 3.05) is 13.2 Å². The maximum Gasteiger partial charge on any atom is 0.193 e. The molecule has 1 N–H and O–H groups in total. The van der Waals surface area contributed by atoms with Crippen LogP contribution in [-0.2, 0) is 27.4 Å². The molecule has 1 unspecified atom stereocenters. The minimum absolute atomic E-state index is 0.319. The van der Waals surface area contributed by atoms with Gasteiger partial charge in [-0.05, 0) is 51.0 Å². The Morgan fingerprint density at radius 2 is 2.00 bits per heavy atom. The number of thiophene rings is 1. The molecule has 0 bridgehead atoms. The van der Waals surface area contributed by atoms with Gasteiger partial charge in [0.2, 0.25) is 0 Å². The Balaban J connectivity index is 2.00. The average molecular weight is 414 g/mol. The highest BCUT2D eigenvalue weighted by Crippen LogP contribution is 2.43. The fourth-order valence-electron chi connectivity index (χ4n) is 2.81. The monoisotopic (exact) mass is 413 g/mol. The topological polar surface area (TPSA) is 53.5 Å². The lowest BCUT2D eigenvalue weighted by Crippen LogP contribution is -2.39. The molecule has 0 saturated carbocycles. The van der Waals surface area contributed by atoms with E-state index in [1.807, 2.05) is 45.0 Å². The number of aryl methyl sites for hydroxylation is 1. The smallest absolute Gasteiger partial charge is 0.193 e. The molecule has 2 heterocycles. The molecule has 0 amide bonds. The Kier molecular flexibility index (Phi) is 6.34. The highest BCUT2D eigenvalue weighted by Gasteiger charge is 2.30. The number of rotatable bonds is 5. The van der Waals surface area contributed by atoms with Crippen LogP contribution in [0.5, 0.6) is 0 Å². The maximum atomic E-state index is 12.4. The number of hydrogen-bond donors (Lipinski definition) is 1. The zero-order valence-corrected chi connectivity index (χ0v) is 17.8. The van der Waals surface area contributed by atoms with Crippen LogP contribution in [0.2, 0.25) is 5.02 Å². The first-order valence-electron chi connectivity index (χ1n) is 8.54. The predicted molar refractivity (Wildman–Crippen MR) is 109 cm³/mol. The number of ether oxygens (including phenoxy) is 2. The zero-order chi connectivity index (χ0) is 18.9. The van der Waals surface area contributed by atoms with Crippen molar-refractivity contribution in [1.29, 1.82) is 0 Å². The van der Waals surface area contributed by atoms with Gasteiger partial charge in [-0.3, -0.25) is 0 Å². The summed E-state index contributed by atoms with van der Waals surface area (Å²) in [6.07, 6.45) is -0.352. The lowest BCUT2D eigenvalue weighted by molar-refractivity contribution is -0.0409. The highest BCUT2D eigenvalue weighted by molar-refractivity contribution is 7.90. The van der Waals surface area contributed by atoms with E-state index in [0.717, 1.165) is 26.4 Å². The number of halogens is 1. The van der Waals surface area contributed by atoms with Crippen molar-refractivity contribution >= 4 is 34.3 Å². The van der Waals surface area contributed by atoms with Crippen LogP contribution in [0.15, 0.2) is 24.3 Å². The summed E-state index contributed by atoms with van der Waals surface area (Å²) < 4.78 is 26.8. The van der Waals surface area contributed by atoms with Gasteiger partial charge in [0, 0.05) is 26.8 Å². The summed E-state index contributed by atoms with van der Waals surface area (Å²) in [5.41, 5.74) is 3.21. The average Bonchev–Trinajstić information content (AvgIpc) is 3.19. The molecule has 142 valence electrons. The molecule has 0 radical (unpaired) electrons. The first-order chi connectivity index (χ1) is 12.3. The van der Waals surface area contributed by atoms with Gasteiger partial charge < -0.3 is 14.0 Å². The molecule has 0 spiro atoms. The van der Waals surface area contributed by atoms with Gasteiger partial charge >= 0.3 is 0 Å². The fraction of sp³-hybridized carbons (Fsp3) is 0.474. The molecule has 0 aliphatic carbocycles. The summed E-state index contributed by atoms with van der Waals surface area (Å²) in [6, 6.07) is 7.79. The first-order valence-corrected chi connectivity index (χ1v) is 10.9. The van der Waals surface area contributed by atoms with Crippen LogP contribution in [0, 0.1) is 6.92 Å². The Morgan fingerprint density at radius 1 is 1.31 bits per heavy atom. The molecule has 1 aliphatic heterocycles. The molecule has 1 fully saturated rings. The van der Waals surface area contributed by atoms with E-state index in [9.17, 15) is 4.55 Å². The van der Waals surface area contributed by atoms with Crippen LogP contribution < -0.4 is 4.72 Å². The van der Waals surface area contributed by atoms with E-state index in [1.165, 1.54) is 0 Å². The molecule has 7 heteroatoms. The van der Waals surface area contributed by atoms with Crippen molar-refractivity contribution in [3.8, 4) is 11.1 Å². The van der Waals surface area contributed by atoms with Gasteiger partial charge in [0.1, 0.15) is 4.75 Å². The Labute approximate surface area is 167 Å². The third-order valence-corrected chi connectivity index (χ3v) is 7.04. The quantitative estimate of drug-likeness (QED) is 0.702. The molecule has 3 rings (SSSR count). The Hall–Kier alpha value is -0.600. The van der Waals surface area contributed by atoms with E-state index in [-0.39, 0.29) is 11.0 Å². The second-order valence-corrected chi connectivity index (χ2v) is 10.9. The van der Waals surface area contributed by atoms with Gasteiger partial charge in [-0.15, -0.1) is 16.1 Å². The second kappa shape index (κ2) is 8.19. The minimum atomic E-state index is -1.14. The summed E-state index contributed by atoms with van der Waals surface area (Å²) in [7, 11) is 0. The van der Waals surface area contributed by atoms with Crippen molar-refractivity contribution in [2.45, 2.75) is 45.3 Å². The predicted octanol–water partition coefficient (Wildman–Crippen LogP) is 4.97. The van der Waals surface area contributed by atoms with Crippen molar-refractivity contribution in [2.24, 2.45) is 0 Å². The number of nitrogens with one attached hydrogen (secondary N) is 1. The first kappa shape index (κ1) is 20.1. The van der Waals surface area contributed by atoms with Crippen LogP contribution in [0.3, 0.4) is 0 Å². The SMILES string of the molecule is Cc1sc(C2OCCO2)c(-c2cccc(Cl)c2)c1CN[S+]([O-])C(C)(C)C. The van der Waals surface area contributed by atoms with E-state index in [4.69, 9.17) is 21.1 Å². The van der Waals surface area contributed by atoms with Crippen LogP contribution in [0.1, 0.15) is 42.4 Å². The third-order valence-electron chi connectivity index (χ3n) is 4.12. The molecule has 1 aromatic carbocycles. The van der Waals surface area contributed by atoms with Crippen molar-refractivity contribution in [1.82, 2.24) is 4.72 Å². The standard InChI is InChI=1S/C19H24ClNO3S2/c1-12-15(11-21-26(22)19(2,3)4)16(13-6-5-7-14(20)10-13)17(25-12)18-23-8-9-24-18/h5-7,10,18,21H,8-9,11H2,1-4H3. The molecule has 1 saturated heterocycles. The molecule has 4 nitrogen and oxygen atoms in total. The molecular formula is C19H24ClNO3S2. The van der Waals surface area contributed by atoms with Crippen LogP contribution in [-0.4, -0.2) is 22.5 Å². The highest BCUT2D eigenvalue weighted by atomic mass is 35.5. The fourth-order valence-corrected chi connectivity index (χ4v) is 4.91. The van der Waals surface area contributed by atoms with Gasteiger partial charge in [0.25, 0.3) is 0 Å². The molecule has 1 aromatic heterocycles. The summed E-state index contributed by atoms with van der Waals surface area (Å²) >= 11 is 6.75. The Morgan fingerprint density at radius 3 is 2.62 bits per heavy atom. The maximum absolute atomic E-state index is 12.4. The Bertz CT molecular complexity index is 767. The normalized spacial score (nSPS) is 17.0. The van der Waals surface area contributed by atoms with E-state index in [2.05, 4.69) is 11.6 Å². The van der Waals surface area contributed by atoms with Gasteiger partial charge in [0.05, 0.1) is 24.6 Å². The summed E-state index contributed by atoms with van der Waals surface area (Å²) in [6.45, 7) is 9.66. The van der Waals surface area contributed by atoms with E-state index in [0.29, 0.717) is 24.8 Å². The number of benzene rings is 1. The molecular weight excluding hydrogens is 390 g/mol. The van der Waals surface area contributed by atoms with E-state index in [1.54, 1.807) is 11.3 Å².